The minimum Gasteiger partial charge on any atom is -0.497 e. The molecule has 1 heterocycles. The molecule has 0 saturated carbocycles. The third-order valence-electron chi connectivity index (χ3n) is 4.65. The molecule has 1 N–H and O–H groups in total. The Morgan fingerprint density at radius 2 is 2.04 bits per heavy atom. The van der Waals surface area contributed by atoms with E-state index in [0.717, 1.165) is 5.56 Å². The summed E-state index contributed by atoms with van der Waals surface area (Å²) in [6.07, 6.45) is 0.562. The lowest BCUT2D eigenvalue weighted by molar-refractivity contribution is -0.385. The van der Waals surface area contributed by atoms with Gasteiger partial charge in [0, 0.05) is 29.2 Å². The Morgan fingerprint density at radius 3 is 2.70 bits per heavy atom. The highest BCUT2D eigenvalue weighted by Gasteiger charge is 2.35. The number of benzene rings is 2. The number of nitrogens with zero attached hydrogens (tertiary/aromatic N) is 1. The van der Waals surface area contributed by atoms with Crippen LogP contribution in [-0.2, 0) is 0 Å². The summed E-state index contributed by atoms with van der Waals surface area (Å²) in [4.78, 5) is 23.4. The Balaban J connectivity index is 1.92. The second-order valence-corrected chi connectivity index (χ2v) is 7.25. The number of hydrogen-bond donors (Lipinski definition) is 1. The highest BCUT2D eigenvalue weighted by molar-refractivity contribution is 5.95. The van der Waals surface area contributed by atoms with Crippen LogP contribution in [0.15, 0.2) is 36.4 Å². The molecule has 2 aromatic carbocycles. The highest BCUT2D eigenvalue weighted by Crippen LogP contribution is 2.41. The fourth-order valence-electron chi connectivity index (χ4n) is 3.28. The molecule has 1 aliphatic heterocycles. The van der Waals surface area contributed by atoms with Crippen LogP contribution in [0.25, 0.3) is 0 Å². The van der Waals surface area contributed by atoms with E-state index in [-0.39, 0.29) is 23.2 Å². The summed E-state index contributed by atoms with van der Waals surface area (Å²) in [5.74, 6) is 0.990. The Morgan fingerprint density at radius 1 is 1.30 bits per heavy atom. The third kappa shape index (κ3) is 3.86. The fourth-order valence-corrected chi connectivity index (χ4v) is 3.28. The van der Waals surface area contributed by atoms with Crippen LogP contribution in [0.3, 0.4) is 0 Å². The van der Waals surface area contributed by atoms with Crippen molar-refractivity contribution in [3.8, 4) is 11.5 Å². The van der Waals surface area contributed by atoms with Crippen molar-refractivity contribution in [3.63, 3.8) is 0 Å². The number of carbonyl (C=O) groups is 1. The minimum atomic E-state index is -0.482. The largest absolute Gasteiger partial charge is 0.497 e. The molecule has 0 bridgehead atoms. The maximum atomic E-state index is 12.8. The first-order valence-electron chi connectivity index (χ1n) is 8.63. The molecule has 7 nitrogen and oxygen atoms in total. The number of hydrogen-bond acceptors (Lipinski definition) is 5. The summed E-state index contributed by atoms with van der Waals surface area (Å²) < 4.78 is 11.3. The molecular formula is C20H22N2O5. The molecule has 0 unspecified atom stereocenters. The second kappa shape index (κ2) is 6.90. The number of ether oxygens (including phenoxy) is 2. The average Bonchev–Trinajstić information content (AvgIpc) is 2.60. The third-order valence-corrected chi connectivity index (χ3v) is 4.65. The van der Waals surface area contributed by atoms with Gasteiger partial charge in [-0.1, -0.05) is 6.07 Å². The van der Waals surface area contributed by atoms with Gasteiger partial charge in [0.05, 0.1) is 18.1 Å². The number of nitro benzene ring substituents is 1. The van der Waals surface area contributed by atoms with E-state index in [0.29, 0.717) is 23.5 Å². The van der Waals surface area contributed by atoms with Gasteiger partial charge in [-0.15, -0.1) is 0 Å². The van der Waals surface area contributed by atoms with Crippen LogP contribution in [0.1, 0.15) is 47.8 Å². The first-order valence-corrected chi connectivity index (χ1v) is 8.63. The summed E-state index contributed by atoms with van der Waals surface area (Å²) in [7, 11) is 1.58. The molecule has 2 aromatic rings. The highest BCUT2D eigenvalue weighted by atomic mass is 16.6. The molecule has 0 spiro atoms. The molecule has 1 amide bonds. The number of methoxy groups -OCH3 is 1. The van der Waals surface area contributed by atoms with Gasteiger partial charge in [-0.3, -0.25) is 14.9 Å². The first kappa shape index (κ1) is 18.7. The number of aryl methyl sites for hydroxylation is 1. The average molecular weight is 370 g/mol. The number of carbonyl (C=O) groups excluding carboxylic acids is 1. The molecule has 3 rings (SSSR count). The standard InChI is InChI=1S/C20H22N2O5/c1-12-5-6-13(9-17(12)22(24)25)19(23)21-16-11-20(2,3)27-18-8-7-14(26-4)10-15(16)18/h5-10,16H,11H2,1-4H3,(H,21,23)/t16-/m0/s1. The number of fused-ring (bicyclic) bond motifs is 1. The van der Waals surface area contributed by atoms with Gasteiger partial charge in [0.25, 0.3) is 11.6 Å². The van der Waals surface area contributed by atoms with Crippen LogP contribution in [0.5, 0.6) is 11.5 Å². The summed E-state index contributed by atoms with van der Waals surface area (Å²) in [6, 6.07) is 9.65. The van der Waals surface area contributed by atoms with E-state index in [1.165, 1.54) is 6.07 Å². The van der Waals surface area contributed by atoms with E-state index in [2.05, 4.69) is 5.32 Å². The molecule has 142 valence electrons. The fraction of sp³-hybridized carbons (Fsp3) is 0.350. The summed E-state index contributed by atoms with van der Waals surface area (Å²) in [5.41, 5.74) is 1.05. The van der Waals surface area contributed by atoms with Crippen molar-refractivity contribution in [3.05, 3.63) is 63.2 Å². The summed E-state index contributed by atoms with van der Waals surface area (Å²) in [6.45, 7) is 5.55. The quantitative estimate of drug-likeness (QED) is 0.650. The predicted molar refractivity (Wildman–Crippen MR) is 100 cm³/mol. The first-order chi connectivity index (χ1) is 12.7. The molecule has 0 saturated heterocycles. The van der Waals surface area contributed by atoms with Crippen LogP contribution in [0.4, 0.5) is 5.69 Å². The lowest BCUT2D eigenvalue weighted by atomic mass is 9.89. The SMILES string of the molecule is COc1ccc2c(c1)[C@@H](NC(=O)c1ccc(C)c([N+](=O)[O-])c1)CC(C)(C)O2. The van der Waals surface area contributed by atoms with Gasteiger partial charge in [-0.2, -0.15) is 0 Å². The van der Waals surface area contributed by atoms with Crippen molar-refractivity contribution >= 4 is 11.6 Å². The molecule has 0 aromatic heterocycles. The lowest BCUT2D eigenvalue weighted by Crippen LogP contribution is -2.41. The second-order valence-electron chi connectivity index (χ2n) is 7.25. The summed E-state index contributed by atoms with van der Waals surface area (Å²) >= 11 is 0. The van der Waals surface area contributed by atoms with Crippen LogP contribution in [0, 0.1) is 17.0 Å². The van der Waals surface area contributed by atoms with Crippen LogP contribution < -0.4 is 14.8 Å². The van der Waals surface area contributed by atoms with E-state index >= 15 is 0 Å². The molecule has 7 heteroatoms. The van der Waals surface area contributed by atoms with Crippen molar-refractivity contribution in [2.75, 3.05) is 7.11 Å². The van der Waals surface area contributed by atoms with Crippen molar-refractivity contribution in [2.24, 2.45) is 0 Å². The van der Waals surface area contributed by atoms with Crippen molar-refractivity contribution in [2.45, 2.75) is 38.8 Å². The maximum absolute atomic E-state index is 12.8. The van der Waals surface area contributed by atoms with Crippen molar-refractivity contribution in [1.82, 2.24) is 5.32 Å². The number of rotatable bonds is 4. The summed E-state index contributed by atoms with van der Waals surface area (Å²) in [5, 5.41) is 14.1. The van der Waals surface area contributed by atoms with E-state index in [1.54, 1.807) is 26.2 Å². The van der Waals surface area contributed by atoms with E-state index in [1.807, 2.05) is 32.0 Å². The van der Waals surface area contributed by atoms with Crippen molar-refractivity contribution in [1.29, 1.82) is 0 Å². The molecule has 27 heavy (non-hydrogen) atoms. The van der Waals surface area contributed by atoms with Gasteiger partial charge >= 0.3 is 0 Å². The van der Waals surface area contributed by atoms with E-state index in [4.69, 9.17) is 9.47 Å². The monoisotopic (exact) mass is 370 g/mol. The smallest absolute Gasteiger partial charge is 0.273 e. The zero-order valence-corrected chi connectivity index (χ0v) is 15.7. The Kier molecular flexibility index (Phi) is 4.78. The van der Waals surface area contributed by atoms with Crippen molar-refractivity contribution < 1.29 is 19.2 Å². The normalized spacial score (nSPS) is 17.4. The molecule has 0 aliphatic carbocycles. The van der Waals surface area contributed by atoms with Crippen LogP contribution in [0.2, 0.25) is 0 Å². The lowest BCUT2D eigenvalue weighted by Gasteiger charge is -2.38. The number of nitro groups is 1. The number of nitrogens with one attached hydrogen (secondary N) is 1. The zero-order chi connectivity index (χ0) is 19.8. The molecule has 0 radical (unpaired) electrons. The Hall–Kier alpha value is -3.09. The minimum absolute atomic E-state index is 0.0722. The van der Waals surface area contributed by atoms with Gasteiger partial charge in [0.15, 0.2) is 0 Å². The number of amides is 1. The maximum Gasteiger partial charge on any atom is 0.273 e. The van der Waals surface area contributed by atoms with E-state index in [9.17, 15) is 14.9 Å². The molecule has 0 fully saturated rings. The van der Waals surface area contributed by atoms with Gasteiger partial charge < -0.3 is 14.8 Å². The van der Waals surface area contributed by atoms with Crippen LogP contribution in [-0.4, -0.2) is 23.5 Å². The van der Waals surface area contributed by atoms with Gasteiger partial charge in [-0.25, -0.2) is 0 Å². The van der Waals surface area contributed by atoms with Gasteiger partial charge in [-0.05, 0) is 45.0 Å². The van der Waals surface area contributed by atoms with Gasteiger partial charge in [0.2, 0.25) is 0 Å². The molecule has 1 atom stereocenters. The van der Waals surface area contributed by atoms with Crippen LogP contribution >= 0.6 is 0 Å². The Bertz CT molecular complexity index is 907. The zero-order valence-electron chi connectivity index (χ0n) is 15.7. The molecule has 1 aliphatic rings. The van der Waals surface area contributed by atoms with Gasteiger partial charge in [0.1, 0.15) is 17.1 Å². The van der Waals surface area contributed by atoms with E-state index < -0.39 is 10.5 Å². The molecular weight excluding hydrogens is 348 g/mol. The topological polar surface area (TPSA) is 90.7 Å². The Labute approximate surface area is 157 Å². The predicted octanol–water partition coefficient (Wildman–Crippen LogP) is 3.94.